The number of nitrogens with zero attached hydrogens (tertiary/aromatic N) is 1. The molecule has 2 aromatic rings. The van der Waals surface area contributed by atoms with E-state index in [1.165, 1.54) is 6.07 Å². The fourth-order valence-corrected chi connectivity index (χ4v) is 2.08. The van der Waals surface area contributed by atoms with Crippen molar-refractivity contribution in [2.75, 3.05) is 0 Å². The van der Waals surface area contributed by atoms with Crippen LogP contribution in [0.1, 0.15) is 24.6 Å². The van der Waals surface area contributed by atoms with Crippen LogP contribution >= 0.6 is 11.6 Å². The number of hydrogen-bond acceptors (Lipinski definition) is 1. The Labute approximate surface area is 99.3 Å². The molecule has 0 aliphatic rings. The Bertz CT molecular complexity index is 537. The molecule has 0 aliphatic carbocycles. The number of pyridine rings is 1. The van der Waals surface area contributed by atoms with Crippen molar-refractivity contribution in [2.24, 2.45) is 0 Å². The van der Waals surface area contributed by atoms with Crippen LogP contribution in [0.4, 0.5) is 4.39 Å². The van der Waals surface area contributed by atoms with E-state index < -0.39 is 0 Å². The highest BCUT2D eigenvalue weighted by molar-refractivity contribution is 6.35. The molecule has 0 saturated carbocycles. The Morgan fingerprint density at radius 3 is 2.75 bits per heavy atom. The van der Waals surface area contributed by atoms with E-state index >= 15 is 0 Å². The van der Waals surface area contributed by atoms with E-state index in [4.69, 9.17) is 11.6 Å². The Kier molecular flexibility index (Phi) is 3.10. The summed E-state index contributed by atoms with van der Waals surface area (Å²) in [5.74, 6) is -0.296. The normalized spacial score (nSPS) is 11.0. The summed E-state index contributed by atoms with van der Waals surface area (Å²) in [5.41, 5.74) is 2.08. The molecule has 0 spiro atoms. The number of fused-ring (bicyclic) bond motifs is 1. The third-order valence-corrected chi connectivity index (χ3v) is 2.83. The summed E-state index contributed by atoms with van der Waals surface area (Å²) in [5, 5.41) is 1.27. The lowest BCUT2D eigenvalue weighted by Gasteiger charge is -2.06. The van der Waals surface area contributed by atoms with Gasteiger partial charge in [-0.2, -0.15) is 0 Å². The van der Waals surface area contributed by atoms with Crippen LogP contribution in [0.2, 0.25) is 5.02 Å². The first-order valence-corrected chi connectivity index (χ1v) is 5.75. The van der Waals surface area contributed by atoms with Crippen molar-refractivity contribution in [3.8, 4) is 0 Å². The largest absolute Gasteiger partial charge is 0.250 e. The van der Waals surface area contributed by atoms with Crippen molar-refractivity contribution >= 4 is 22.5 Å². The van der Waals surface area contributed by atoms with Gasteiger partial charge in [-0.1, -0.05) is 24.9 Å². The first kappa shape index (κ1) is 11.3. The molecule has 0 fully saturated rings. The SMILES string of the molecule is CCCc1cc(Cl)c2cc(C)cc(F)c2n1. The van der Waals surface area contributed by atoms with E-state index in [2.05, 4.69) is 11.9 Å². The zero-order valence-corrected chi connectivity index (χ0v) is 10.1. The van der Waals surface area contributed by atoms with E-state index in [9.17, 15) is 4.39 Å². The first-order valence-electron chi connectivity index (χ1n) is 5.37. The van der Waals surface area contributed by atoms with Crippen LogP contribution in [0.25, 0.3) is 10.9 Å². The van der Waals surface area contributed by atoms with Gasteiger partial charge in [0.2, 0.25) is 0 Å². The van der Waals surface area contributed by atoms with Crippen molar-refractivity contribution in [1.29, 1.82) is 0 Å². The predicted octanol–water partition coefficient (Wildman–Crippen LogP) is 4.29. The molecule has 0 bridgehead atoms. The number of rotatable bonds is 2. The molecule has 84 valence electrons. The lowest BCUT2D eigenvalue weighted by molar-refractivity contribution is 0.635. The fourth-order valence-electron chi connectivity index (χ4n) is 1.81. The van der Waals surface area contributed by atoms with Crippen molar-refractivity contribution < 1.29 is 4.39 Å². The van der Waals surface area contributed by atoms with Gasteiger partial charge in [-0.15, -0.1) is 0 Å². The molecular formula is C13H13ClFN. The smallest absolute Gasteiger partial charge is 0.149 e. The number of aromatic nitrogens is 1. The molecule has 0 unspecified atom stereocenters. The molecule has 3 heteroatoms. The van der Waals surface area contributed by atoms with Crippen LogP contribution in [-0.2, 0) is 6.42 Å². The molecule has 0 N–H and O–H groups in total. The van der Waals surface area contributed by atoms with E-state index in [0.29, 0.717) is 15.9 Å². The third-order valence-electron chi connectivity index (χ3n) is 2.52. The zero-order chi connectivity index (χ0) is 11.7. The standard InChI is InChI=1S/C13H13ClFN/c1-3-4-9-7-11(14)10-5-8(2)6-12(15)13(10)16-9/h5-7H,3-4H2,1-2H3. The fraction of sp³-hybridized carbons (Fsp3) is 0.308. The average molecular weight is 238 g/mol. The Morgan fingerprint density at radius 1 is 1.31 bits per heavy atom. The molecule has 16 heavy (non-hydrogen) atoms. The van der Waals surface area contributed by atoms with Gasteiger partial charge in [-0.25, -0.2) is 9.37 Å². The average Bonchev–Trinajstić information content (AvgIpc) is 2.20. The minimum absolute atomic E-state index is 0.296. The lowest BCUT2D eigenvalue weighted by Crippen LogP contribution is -1.94. The number of hydrogen-bond donors (Lipinski definition) is 0. The maximum absolute atomic E-state index is 13.7. The molecular weight excluding hydrogens is 225 g/mol. The third kappa shape index (κ3) is 2.03. The molecule has 0 saturated heterocycles. The monoisotopic (exact) mass is 237 g/mol. The summed E-state index contributed by atoms with van der Waals surface area (Å²) in [7, 11) is 0. The van der Waals surface area contributed by atoms with Crippen LogP contribution in [0.3, 0.4) is 0 Å². The highest BCUT2D eigenvalue weighted by Crippen LogP contribution is 2.26. The van der Waals surface area contributed by atoms with Crippen LogP contribution in [-0.4, -0.2) is 4.98 Å². The Balaban J connectivity index is 2.71. The van der Waals surface area contributed by atoms with Gasteiger partial charge >= 0.3 is 0 Å². The maximum atomic E-state index is 13.7. The van der Waals surface area contributed by atoms with Gasteiger partial charge < -0.3 is 0 Å². The van der Waals surface area contributed by atoms with Crippen LogP contribution in [0.15, 0.2) is 18.2 Å². The molecule has 0 aliphatic heterocycles. The highest BCUT2D eigenvalue weighted by Gasteiger charge is 2.08. The summed E-state index contributed by atoms with van der Waals surface area (Å²) >= 11 is 6.14. The second-order valence-electron chi connectivity index (χ2n) is 3.99. The van der Waals surface area contributed by atoms with Gasteiger partial charge in [0, 0.05) is 11.1 Å². The molecule has 0 atom stereocenters. The molecule has 1 aromatic carbocycles. The summed E-state index contributed by atoms with van der Waals surface area (Å²) in [6.45, 7) is 3.91. The Morgan fingerprint density at radius 2 is 2.06 bits per heavy atom. The number of aryl methyl sites for hydroxylation is 2. The molecule has 0 radical (unpaired) electrons. The first-order chi connectivity index (χ1) is 7.61. The summed E-state index contributed by atoms with van der Waals surface area (Å²) in [6, 6.07) is 5.18. The van der Waals surface area contributed by atoms with Gasteiger partial charge in [-0.3, -0.25) is 0 Å². The van der Waals surface area contributed by atoms with Gasteiger partial charge in [0.1, 0.15) is 11.3 Å². The molecule has 1 aromatic heterocycles. The number of halogens is 2. The van der Waals surface area contributed by atoms with Gasteiger partial charge in [0.15, 0.2) is 0 Å². The summed E-state index contributed by atoms with van der Waals surface area (Å²) < 4.78 is 13.7. The minimum atomic E-state index is -0.296. The van der Waals surface area contributed by atoms with Crippen LogP contribution in [0, 0.1) is 12.7 Å². The van der Waals surface area contributed by atoms with Crippen molar-refractivity contribution in [1.82, 2.24) is 4.98 Å². The zero-order valence-electron chi connectivity index (χ0n) is 9.35. The van der Waals surface area contributed by atoms with Crippen LogP contribution in [0.5, 0.6) is 0 Å². The molecule has 0 amide bonds. The predicted molar refractivity (Wildman–Crippen MR) is 65.4 cm³/mol. The van der Waals surface area contributed by atoms with Crippen molar-refractivity contribution in [2.45, 2.75) is 26.7 Å². The topological polar surface area (TPSA) is 12.9 Å². The lowest BCUT2D eigenvalue weighted by atomic mass is 10.1. The second kappa shape index (κ2) is 4.38. The Hall–Kier alpha value is -1.15. The van der Waals surface area contributed by atoms with E-state index in [1.54, 1.807) is 0 Å². The molecule has 1 heterocycles. The van der Waals surface area contributed by atoms with Crippen LogP contribution < -0.4 is 0 Å². The number of benzene rings is 1. The summed E-state index contributed by atoms with van der Waals surface area (Å²) in [4.78, 5) is 4.31. The maximum Gasteiger partial charge on any atom is 0.149 e. The highest BCUT2D eigenvalue weighted by atomic mass is 35.5. The molecule has 1 nitrogen and oxygen atoms in total. The second-order valence-corrected chi connectivity index (χ2v) is 4.40. The van der Waals surface area contributed by atoms with E-state index in [1.807, 2.05) is 19.1 Å². The van der Waals surface area contributed by atoms with E-state index in [0.717, 1.165) is 24.1 Å². The van der Waals surface area contributed by atoms with Gasteiger partial charge in [-0.05, 0) is 37.1 Å². The van der Waals surface area contributed by atoms with Gasteiger partial charge in [0.25, 0.3) is 0 Å². The summed E-state index contributed by atoms with van der Waals surface area (Å²) in [6.07, 6.45) is 1.80. The van der Waals surface area contributed by atoms with E-state index in [-0.39, 0.29) is 5.82 Å². The molecule has 2 rings (SSSR count). The minimum Gasteiger partial charge on any atom is -0.250 e. The van der Waals surface area contributed by atoms with Gasteiger partial charge in [0.05, 0.1) is 5.02 Å². The van der Waals surface area contributed by atoms with Crippen molar-refractivity contribution in [3.05, 3.63) is 40.3 Å². The quantitative estimate of drug-likeness (QED) is 0.759. The van der Waals surface area contributed by atoms with Crippen molar-refractivity contribution in [3.63, 3.8) is 0 Å².